The normalized spacial score (nSPS) is 20.2. The lowest BCUT2D eigenvalue weighted by Crippen LogP contribution is -2.41. The zero-order chi connectivity index (χ0) is 23.0. The van der Waals surface area contributed by atoms with Gasteiger partial charge in [-0.25, -0.2) is 4.39 Å². The van der Waals surface area contributed by atoms with E-state index in [2.05, 4.69) is 51.0 Å². The van der Waals surface area contributed by atoms with Gasteiger partial charge in [0.05, 0.1) is 12.2 Å². The van der Waals surface area contributed by atoms with Gasteiger partial charge in [0.2, 0.25) is 0 Å². The summed E-state index contributed by atoms with van der Waals surface area (Å²) >= 11 is 0. The van der Waals surface area contributed by atoms with Crippen LogP contribution in [0.5, 0.6) is 5.75 Å². The molecule has 2 unspecified atom stereocenters. The number of likely N-dealkylation sites (N-methyl/N-ethyl adjacent to an activating group) is 1. The third kappa shape index (κ3) is 7.05. The fourth-order valence-electron chi connectivity index (χ4n) is 4.39. The van der Waals surface area contributed by atoms with Crippen molar-refractivity contribution in [2.75, 3.05) is 27.7 Å². The Morgan fingerprint density at radius 1 is 1.06 bits per heavy atom. The van der Waals surface area contributed by atoms with Crippen LogP contribution in [0.4, 0.5) is 4.39 Å². The average molecular weight is 430 g/mol. The Morgan fingerprint density at radius 2 is 1.81 bits per heavy atom. The third-order valence-electron chi connectivity index (χ3n) is 6.01. The van der Waals surface area contributed by atoms with E-state index in [4.69, 9.17) is 9.47 Å². The second-order valence-electron chi connectivity index (χ2n) is 9.12. The molecular formula is C27H40FNO2. The molecule has 2 atom stereocenters. The van der Waals surface area contributed by atoms with E-state index in [1.807, 2.05) is 19.9 Å². The van der Waals surface area contributed by atoms with Gasteiger partial charge in [0.1, 0.15) is 11.6 Å². The molecule has 0 aliphatic heterocycles. The lowest BCUT2D eigenvalue weighted by atomic mass is 9.73. The fourth-order valence-corrected chi connectivity index (χ4v) is 4.39. The molecule has 1 aliphatic rings. The Balaban J connectivity index is 0.00000166. The van der Waals surface area contributed by atoms with Gasteiger partial charge in [0.25, 0.3) is 0 Å². The molecule has 4 heteroatoms. The van der Waals surface area contributed by atoms with E-state index in [-0.39, 0.29) is 23.4 Å². The van der Waals surface area contributed by atoms with Gasteiger partial charge in [-0.2, -0.15) is 0 Å². The molecule has 0 heterocycles. The van der Waals surface area contributed by atoms with Crippen LogP contribution in [0.15, 0.2) is 42.5 Å². The molecule has 31 heavy (non-hydrogen) atoms. The van der Waals surface area contributed by atoms with E-state index in [1.165, 1.54) is 11.6 Å². The summed E-state index contributed by atoms with van der Waals surface area (Å²) in [6.45, 7) is 9.44. The summed E-state index contributed by atoms with van der Waals surface area (Å²) in [4.78, 5) is 2.16. The van der Waals surface area contributed by atoms with Crippen molar-refractivity contribution >= 4 is 0 Å². The molecule has 2 aromatic carbocycles. The first kappa shape index (κ1) is 25.4. The summed E-state index contributed by atoms with van der Waals surface area (Å²) in [5.74, 6) is 0.640. The number of hydrogen-bond donors (Lipinski definition) is 0. The van der Waals surface area contributed by atoms with Crippen molar-refractivity contribution in [3.8, 4) is 16.9 Å². The van der Waals surface area contributed by atoms with Crippen LogP contribution in [-0.4, -0.2) is 44.9 Å². The highest BCUT2D eigenvalue weighted by molar-refractivity contribution is 5.69. The molecule has 0 amide bonds. The van der Waals surface area contributed by atoms with Gasteiger partial charge in [0, 0.05) is 13.7 Å². The topological polar surface area (TPSA) is 21.7 Å². The zero-order valence-electron chi connectivity index (χ0n) is 20.4. The highest BCUT2D eigenvalue weighted by atomic mass is 19.1. The first-order chi connectivity index (χ1) is 14.8. The first-order valence-electron chi connectivity index (χ1n) is 11.5. The van der Waals surface area contributed by atoms with Crippen LogP contribution in [0.3, 0.4) is 0 Å². The van der Waals surface area contributed by atoms with Crippen LogP contribution in [0.2, 0.25) is 0 Å². The van der Waals surface area contributed by atoms with Crippen LogP contribution in [0, 0.1) is 11.2 Å². The average Bonchev–Trinajstić information content (AvgIpc) is 2.73. The fraction of sp³-hybridized carbons (Fsp3) is 0.556. The number of hydrogen-bond acceptors (Lipinski definition) is 3. The van der Waals surface area contributed by atoms with E-state index >= 15 is 0 Å². The largest absolute Gasteiger partial charge is 0.490 e. The van der Waals surface area contributed by atoms with Gasteiger partial charge < -0.3 is 14.4 Å². The SMILES string of the molecule is CC.COC1CCC(Oc2ccc(CCN(C)C)c(-c3cccc(F)c3)c2)CC1(C)C. The number of nitrogens with zero attached hydrogens (tertiary/aromatic N) is 1. The Morgan fingerprint density at radius 3 is 2.42 bits per heavy atom. The summed E-state index contributed by atoms with van der Waals surface area (Å²) in [7, 11) is 5.93. The van der Waals surface area contributed by atoms with E-state index in [0.29, 0.717) is 0 Å². The molecule has 1 aliphatic carbocycles. The van der Waals surface area contributed by atoms with Crippen molar-refractivity contribution in [3.05, 3.63) is 53.8 Å². The van der Waals surface area contributed by atoms with Crippen molar-refractivity contribution in [2.24, 2.45) is 5.41 Å². The minimum Gasteiger partial charge on any atom is -0.490 e. The maximum atomic E-state index is 13.9. The van der Waals surface area contributed by atoms with Crippen LogP contribution >= 0.6 is 0 Å². The molecule has 0 N–H and O–H groups in total. The second kappa shape index (κ2) is 11.6. The molecule has 1 saturated carbocycles. The molecular weight excluding hydrogens is 389 g/mol. The molecule has 3 nitrogen and oxygen atoms in total. The number of ether oxygens (including phenoxy) is 2. The van der Waals surface area contributed by atoms with E-state index < -0.39 is 0 Å². The van der Waals surface area contributed by atoms with E-state index in [1.54, 1.807) is 19.2 Å². The zero-order valence-corrected chi connectivity index (χ0v) is 20.4. The molecule has 3 rings (SSSR count). The predicted octanol–water partition coefficient (Wildman–Crippen LogP) is 6.60. The summed E-state index contributed by atoms with van der Waals surface area (Å²) in [5.41, 5.74) is 3.25. The molecule has 1 fully saturated rings. The Kier molecular flexibility index (Phi) is 9.52. The van der Waals surface area contributed by atoms with Crippen LogP contribution in [0.1, 0.15) is 52.5 Å². The van der Waals surface area contributed by atoms with Gasteiger partial charge in [-0.1, -0.05) is 45.9 Å². The molecule has 172 valence electrons. The summed E-state index contributed by atoms with van der Waals surface area (Å²) in [5, 5.41) is 0. The summed E-state index contributed by atoms with van der Waals surface area (Å²) in [6.07, 6.45) is 4.31. The Hall–Kier alpha value is -1.91. The lowest BCUT2D eigenvalue weighted by Gasteiger charge is -2.41. The lowest BCUT2D eigenvalue weighted by molar-refractivity contribution is -0.0555. The van der Waals surface area contributed by atoms with E-state index in [0.717, 1.165) is 49.1 Å². The van der Waals surface area contributed by atoms with Gasteiger partial charge in [-0.3, -0.25) is 0 Å². The Labute approximate surface area is 188 Å². The molecule has 0 bridgehead atoms. The number of halogens is 1. The molecule has 0 radical (unpaired) electrons. The second-order valence-corrected chi connectivity index (χ2v) is 9.12. The summed E-state index contributed by atoms with van der Waals surface area (Å²) in [6, 6.07) is 13.1. The van der Waals surface area contributed by atoms with Gasteiger partial charge in [-0.15, -0.1) is 0 Å². The molecule has 0 aromatic heterocycles. The summed E-state index contributed by atoms with van der Waals surface area (Å²) < 4.78 is 25.9. The minimum atomic E-state index is -0.216. The molecule has 0 saturated heterocycles. The van der Waals surface area contributed by atoms with Gasteiger partial charge in [-0.05, 0) is 86.1 Å². The number of benzene rings is 2. The minimum absolute atomic E-state index is 0.0920. The highest BCUT2D eigenvalue weighted by Gasteiger charge is 2.37. The van der Waals surface area contributed by atoms with Crippen molar-refractivity contribution in [3.63, 3.8) is 0 Å². The smallest absolute Gasteiger partial charge is 0.123 e. The van der Waals surface area contributed by atoms with Crippen LogP contribution < -0.4 is 4.74 Å². The van der Waals surface area contributed by atoms with Crippen molar-refractivity contribution in [1.82, 2.24) is 4.90 Å². The van der Waals surface area contributed by atoms with Gasteiger partial charge in [0.15, 0.2) is 0 Å². The van der Waals surface area contributed by atoms with E-state index in [9.17, 15) is 4.39 Å². The maximum absolute atomic E-state index is 13.9. The molecule has 0 spiro atoms. The standard InChI is InChI=1S/C25H34FNO2.C2H6/c1-25(2)17-22(11-12-24(25)28-5)29-21-10-9-18(13-14-27(3)4)23(16-21)19-7-6-8-20(26)15-19;1-2/h6-10,15-16,22,24H,11-14,17H2,1-5H3;1-2H3. The first-order valence-corrected chi connectivity index (χ1v) is 11.5. The van der Waals surface area contributed by atoms with Crippen LogP contribution in [-0.2, 0) is 11.2 Å². The van der Waals surface area contributed by atoms with Crippen LogP contribution in [0.25, 0.3) is 11.1 Å². The predicted molar refractivity (Wildman–Crippen MR) is 128 cm³/mol. The molecule has 2 aromatic rings. The van der Waals surface area contributed by atoms with Crippen molar-refractivity contribution in [1.29, 1.82) is 0 Å². The number of methoxy groups -OCH3 is 1. The van der Waals surface area contributed by atoms with Gasteiger partial charge >= 0.3 is 0 Å². The highest BCUT2D eigenvalue weighted by Crippen LogP contribution is 2.39. The number of rotatable bonds is 7. The maximum Gasteiger partial charge on any atom is 0.123 e. The van der Waals surface area contributed by atoms with Crippen molar-refractivity contribution < 1.29 is 13.9 Å². The Bertz CT molecular complexity index is 819. The monoisotopic (exact) mass is 429 g/mol. The third-order valence-corrected chi connectivity index (χ3v) is 6.01. The quantitative estimate of drug-likeness (QED) is 0.495. The van der Waals surface area contributed by atoms with Crippen molar-refractivity contribution in [2.45, 2.75) is 65.6 Å².